The van der Waals surface area contributed by atoms with E-state index in [4.69, 9.17) is 0 Å². The SMILES string of the molecule is CCN(CC)c1ccc(Nc2ccnc(N(C)C3CCS(=O)(=O)C3)n2)cc1. The summed E-state index contributed by atoms with van der Waals surface area (Å²) in [6, 6.07) is 9.98. The molecule has 2 aromatic rings. The molecular formula is C19H27N5O2S. The molecule has 1 saturated heterocycles. The van der Waals surface area contributed by atoms with Gasteiger partial charge in [-0.05, 0) is 50.6 Å². The topological polar surface area (TPSA) is 78.4 Å². The van der Waals surface area contributed by atoms with Gasteiger partial charge < -0.3 is 15.1 Å². The molecule has 1 aliphatic heterocycles. The van der Waals surface area contributed by atoms with Crippen LogP contribution in [0.4, 0.5) is 23.1 Å². The molecular weight excluding hydrogens is 362 g/mol. The van der Waals surface area contributed by atoms with Crippen LogP contribution in [0.3, 0.4) is 0 Å². The monoisotopic (exact) mass is 389 g/mol. The van der Waals surface area contributed by atoms with Gasteiger partial charge in [-0.3, -0.25) is 0 Å². The predicted molar refractivity (Wildman–Crippen MR) is 111 cm³/mol. The number of nitrogens with zero attached hydrogens (tertiary/aromatic N) is 4. The molecule has 1 aromatic carbocycles. The van der Waals surface area contributed by atoms with Gasteiger partial charge in [0.2, 0.25) is 5.95 Å². The first kappa shape index (κ1) is 19.4. The van der Waals surface area contributed by atoms with E-state index in [0.29, 0.717) is 18.2 Å². The Labute approximate surface area is 161 Å². The summed E-state index contributed by atoms with van der Waals surface area (Å²) in [4.78, 5) is 13.0. The third kappa shape index (κ3) is 4.68. The molecule has 2 heterocycles. The van der Waals surface area contributed by atoms with Crippen LogP contribution in [0.1, 0.15) is 20.3 Å². The Morgan fingerprint density at radius 1 is 1.15 bits per heavy atom. The Kier molecular flexibility index (Phi) is 5.84. The Morgan fingerprint density at radius 2 is 1.85 bits per heavy atom. The smallest absolute Gasteiger partial charge is 0.227 e. The van der Waals surface area contributed by atoms with Gasteiger partial charge in [-0.2, -0.15) is 4.98 Å². The number of hydrogen-bond donors (Lipinski definition) is 1. The second-order valence-corrected chi connectivity index (χ2v) is 8.98. The quantitative estimate of drug-likeness (QED) is 0.780. The number of hydrogen-bond acceptors (Lipinski definition) is 7. The number of aromatic nitrogens is 2. The minimum Gasteiger partial charge on any atom is -0.372 e. The van der Waals surface area contributed by atoms with E-state index in [0.717, 1.165) is 18.8 Å². The lowest BCUT2D eigenvalue weighted by Crippen LogP contribution is -2.33. The Morgan fingerprint density at radius 3 is 2.44 bits per heavy atom. The second kappa shape index (κ2) is 8.12. The molecule has 0 bridgehead atoms. The minimum atomic E-state index is -2.94. The maximum Gasteiger partial charge on any atom is 0.227 e. The summed E-state index contributed by atoms with van der Waals surface area (Å²) in [5, 5.41) is 3.29. The van der Waals surface area contributed by atoms with Gasteiger partial charge in [-0.15, -0.1) is 0 Å². The third-order valence-electron chi connectivity index (χ3n) is 4.98. The molecule has 3 rings (SSSR count). The molecule has 8 heteroatoms. The van der Waals surface area contributed by atoms with Gasteiger partial charge in [-0.1, -0.05) is 0 Å². The van der Waals surface area contributed by atoms with E-state index in [2.05, 4.69) is 46.2 Å². The first-order valence-electron chi connectivity index (χ1n) is 9.30. The van der Waals surface area contributed by atoms with Crippen LogP contribution in [0.5, 0.6) is 0 Å². The summed E-state index contributed by atoms with van der Waals surface area (Å²) >= 11 is 0. The number of anilines is 4. The zero-order chi connectivity index (χ0) is 19.4. The second-order valence-electron chi connectivity index (χ2n) is 6.75. The van der Waals surface area contributed by atoms with Crippen molar-refractivity contribution < 1.29 is 8.42 Å². The zero-order valence-corrected chi connectivity index (χ0v) is 16.9. The summed E-state index contributed by atoms with van der Waals surface area (Å²) in [7, 11) is -1.09. The average molecular weight is 390 g/mol. The molecule has 1 unspecified atom stereocenters. The van der Waals surface area contributed by atoms with Crippen LogP contribution in [0.15, 0.2) is 36.5 Å². The molecule has 0 radical (unpaired) electrons. The maximum absolute atomic E-state index is 11.7. The molecule has 7 nitrogen and oxygen atoms in total. The Hall–Kier alpha value is -2.35. The van der Waals surface area contributed by atoms with Crippen molar-refractivity contribution >= 4 is 33.0 Å². The van der Waals surface area contributed by atoms with E-state index in [1.165, 1.54) is 5.69 Å². The van der Waals surface area contributed by atoms with Crippen LogP contribution in [-0.2, 0) is 9.84 Å². The van der Waals surface area contributed by atoms with Crippen LogP contribution in [0, 0.1) is 0 Å². The fourth-order valence-electron chi connectivity index (χ4n) is 3.32. The van der Waals surface area contributed by atoms with E-state index in [1.807, 2.05) is 24.1 Å². The molecule has 27 heavy (non-hydrogen) atoms. The van der Waals surface area contributed by atoms with Crippen LogP contribution >= 0.6 is 0 Å². The highest BCUT2D eigenvalue weighted by Crippen LogP contribution is 2.23. The first-order chi connectivity index (χ1) is 12.9. The minimum absolute atomic E-state index is 0.0707. The lowest BCUT2D eigenvalue weighted by atomic mass is 10.2. The third-order valence-corrected chi connectivity index (χ3v) is 6.73. The number of nitrogens with one attached hydrogen (secondary N) is 1. The lowest BCUT2D eigenvalue weighted by Gasteiger charge is -2.23. The van der Waals surface area contributed by atoms with Crippen molar-refractivity contribution in [3.8, 4) is 0 Å². The molecule has 1 fully saturated rings. The summed E-state index contributed by atoms with van der Waals surface area (Å²) in [5.74, 6) is 1.61. The lowest BCUT2D eigenvalue weighted by molar-refractivity contribution is 0.600. The number of rotatable bonds is 7. The summed E-state index contributed by atoms with van der Waals surface area (Å²) in [5.41, 5.74) is 2.14. The number of benzene rings is 1. The summed E-state index contributed by atoms with van der Waals surface area (Å²) in [6.45, 7) is 6.23. The van der Waals surface area contributed by atoms with E-state index in [-0.39, 0.29) is 17.5 Å². The van der Waals surface area contributed by atoms with Gasteiger partial charge >= 0.3 is 0 Å². The molecule has 0 spiro atoms. The molecule has 1 N–H and O–H groups in total. The van der Waals surface area contributed by atoms with Crippen LogP contribution in [0.2, 0.25) is 0 Å². The van der Waals surface area contributed by atoms with E-state index in [9.17, 15) is 8.42 Å². The van der Waals surface area contributed by atoms with Crippen molar-refractivity contribution in [2.24, 2.45) is 0 Å². The van der Waals surface area contributed by atoms with Gasteiger partial charge in [0.25, 0.3) is 0 Å². The van der Waals surface area contributed by atoms with Gasteiger partial charge in [0.05, 0.1) is 11.5 Å². The largest absolute Gasteiger partial charge is 0.372 e. The Balaban J connectivity index is 1.70. The number of sulfone groups is 1. The Bertz CT molecular complexity index is 866. The molecule has 146 valence electrons. The highest BCUT2D eigenvalue weighted by atomic mass is 32.2. The van der Waals surface area contributed by atoms with Crippen molar-refractivity contribution in [1.29, 1.82) is 0 Å². The maximum atomic E-state index is 11.7. The van der Waals surface area contributed by atoms with Crippen molar-refractivity contribution in [2.45, 2.75) is 26.3 Å². The molecule has 1 aliphatic rings. The highest BCUT2D eigenvalue weighted by molar-refractivity contribution is 7.91. The summed E-state index contributed by atoms with van der Waals surface area (Å²) < 4.78 is 23.4. The molecule has 0 amide bonds. The van der Waals surface area contributed by atoms with Gasteiger partial charge in [0.15, 0.2) is 9.84 Å². The zero-order valence-electron chi connectivity index (χ0n) is 16.1. The van der Waals surface area contributed by atoms with Gasteiger partial charge in [0.1, 0.15) is 5.82 Å². The van der Waals surface area contributed by atoms with Crippen molar-refractivity contribution in [2.75, 3.05) is 46.8 Å². The first-order valence-corrected chi connectivity index (χ1v) is 11.1. The van der Waals surface area contributed by atoms with Crippen molar-refractivity contribution in [3.05, 3.63) is 36.5 Å². The van der Waals surface area contributed by atoms with Crippen molar-refractivity contribution in [3.63, 3.8) is 0 Å². The molecule has 0 aliphatic carbocycles. The molecule has 1 aromatic heterocycles. The van der Waals surface area contributed by atoms with Crippen LogP contribution in [-0.4, -0.2) is 56.1 Å². The summed E-state index contributed by atoms with van der Waals surface area (Å²) in [6.07, 6.45) is 2.31. The van der Waals surface area contributed by atoms with Crippen molar-refractivity contribution in [1.82, 2.24) is 9.97 Å². The fourth-order valence-corrected chi connectivity index (χ4v) is 5.10. The van der Waals surface area contributed by atoms with Crippen LogP contribution in [0.25, 0.3) is 0 Å². The van der Waals surface area contributed by atoms with Gasteiger partial charge in [0, 0.05) is 43.8 Å². The average Bonchev–Trinajstić information content (AvgIpc) is 3.03. The normalized spacial score (nSPS) is 18.3. The standard InChI is InChI=1S/C19H27N5O2S/c1-4-24(5-2)16-8-6-15(7-9-16)21-18-10-12-20-19(22-18)23(3)17-11-13-27(25,26)14-17/h6-10,12,17H,4-5,11,13-14H2,1-3H3,(H,20,21,22). The molecule has 1 atom stereocenters. The fraction of sp³-hybridized carbons (Fsp3) is 0.474. The van der Waals surface area contributed by atoms with Gasteiger partial charge in [-0.25, -0.2) is 13.4 Å². The van der Waals surface area contributed by atoms with E-state index >= 15 is 0 Å². The van der Waals surface area contributed by atoms with E-state index < -0.39 is 9.84 Å². The predicted octanol–water partition coefficient (Wildman–Crippen LogP) is 2.69. The van der Waals surface area contributed by atoms with E-state index in [1.54, 1.807) is 12.3 Å². The molecule has 0 saturated carbocycles. The highest BCUT2D eigenvalue weighted by Gasteiger charge is 2.31. The van der Waals surface area contributed by atoms with Crippen LogP contribution < -0.4 is 15.1 Å².